The molecule has 2 rings (SSSR count). The molecule has 0 aliphatic carbocycles. The molecule has 0 radical (unpaired) electrons. The van der Waals surface area contributed by atoms with Gasteiger partial charge in [0.05, 0.1) is 6.61 Å². The van der Waals surface area contributed by atoms with Crippen molar-refractivity contribution in [2.24, 2.45) is 0 Å². The van der Waals surface area contributed by atoms with E-state index in [9.17, 15) is 9.59 Å². The quantitative estimate of drug-likeness (QED) is 0.803. The van der Waals surface area contributed by atoms with Crippen LogP contribution < -0.4 is 5.63 Å². The minimum atomic E-state index is -0.680. The van der Waals surface area contributed by atoms with Gasteiger partial charge < -0.3 is 9.15 Å². The van der Waals surface area contributed by atoms with Gasteiger partial charge in [-0.05, 0) is 31.0 Å². The van der Waals surface area contributed by atoms with Gasteiger partial charge in [0, 0.05) is 5.56 Å². The van der Waals surface area contributed by atoms with E-state index in [-0.39, 0.29) is 12.2 Å². The first kappa shape index (κ1) is 14.1. The van der Waals surface area contributed by atoms with E-state index < -0.39 is 11.6 Å². The molecule has 0 fully saturated rings. The van der Waals surface area contributed by atoms with Crippen molar-refractivity contribution in [2.75, 3.05) is 6.61 Å². The number of aryl methyl sites for hydroxylation is 1. The fourth-order valence-electron chi connectivity index (χ4n) is 1.84. The van der Waals surface area contributed by atoms with Gasteiger partial charge >= 0.3 is 11.6 Å². The molecule has 1 heterocycles. The molecule has 0 bridgehead atoms. The van der Waals surface area contributed by atoms with E-state index in [0.29, 0.717) is 5.76 Å². The molecule has 104 valence electrons. The molecule has 1 aromatic carbocycles. The molecule has 0 spiro atoms. The third kappa shape index (κ3) is 2.96. The van der Waals surface area contributed by atoms with Crippen LogP contribution in [-0.2, 0) is 11.2 Å². The van der Waals surface area contributed by atoms with Crippen LogP contribution in [0, 0.1) is 0 Å². The number of hydrogen-bond acceptors (Lipinski definition) is 4. The summed E-state index contributed by atoms with van der Waals surface area (Å²) in [7, 11) is 0. The number of ether oxygens (including phenoxy) is 1. The van der Waals surface area contributed by atoms with Crippen LogP contribution in [0.4, 0.5) is 0 Å². The Morgan fingerprint density at radius 1 is 1.10 bits per heavy atom. The molecule has 0 N–H and O–H groups in total. The Hall–Kier alpha value is -2.36. The van der Waals surface area contributed by atoms with Gasteiger partial charge in [-0.2, -0.15) is 0 Å². The second-order valence-corrected chi connectivity index (χ2v) is 4.27. The number of carbonyl (C=O) groups excluding carboxylic acids is 1. The summed E-state index contributed by atoms with van der Waals surface area (Å²) in [5.74, 6) is -0.222. The van der Waals surface area contributed by atoms with Crippen LogP contribution in [0.25, 0.3) is 11.3 Å². The van der Waals surface area contributed by atoms with E-state index in [2.05, 4.69) is 6.92 Å². The molecule has 0 saturated heterocycles. The zero-order valence-electron chi connectivity index (χ0n) is 11.5. The van der Waals surface area contributed by atoms with Crippen molar-refractivity contribution in [2.45, 2.75) is 20.3 Å². The summed E-state index contributed by atoms with van der Waals surface area (Å²) in [4.78, 5) is 23.3. The Morgan fingerprint density at radius 2 is 1.80 bits per heavy atom. The molecule has 0 atom stereocenters. The highest BCUT2D eigenvalue weighted by Gasteiger charge is 2.14. The van der Waals surface area contributed by atoms with Gasteiger partial charge in [0.2, 0.25) is 0 Å². The van der Waals surface area contributed by atoms with Crippen LogP contribution in [0.3, 0.4) is 0 Å². The topological polar surface area (TPSA) is 56.5 Å². The van der Waals surface area contributed by atoms with Crippen molar-refractivity contribution >= 4 is 5.97 Å². The molecule has 4 heteroatoms. The first-order valence-corrected chi connectivity index (χ1v) is 6.56. The molecule has 0 aliphatic heterocycles. The lowest BCUT2D eigenvalue weighted by molar-refractivity contribution is 0.0521. The van der Waals surface area contributed by atoms with Crippen molar-refractivity contribution in [1.29, 1.82) is 0 Å². The summed E-state index contributed by atoms with van der Waals surface area (Å²) >= 11 is 0. The number of rotatable bonds is 4. The minimum absolute atomic E-state index is 0.0826. The van der Waals surface area contributed by atoms with E-state index in [1.807, 2.05) is 24.3 Å². The average molecular weight is 272 g/mol. The SMILES string of the molecule is CCOC(=O)c1ccc(-c2ccc(CC)cc2)oc1=O. The molecule has 0 unspecified atom stereocenters. The first-order chi connectivity index (χ1) is 9.65. The Balaban J connectivity index is 2.32. The maximum atomic E-state index is 11.8. The molecule has 0 amide bonds. The van der Waals surface area contributed by atoms with Crippen molar-refractivity contribution in [3.8, 4) is 11.3 Å². The molecule has 2 aromatic rings. The van der Waals surface area contributed by atoms with Crippen molar-refractivity contribution in [3.63, 3.8) is 0 Å². The lowest BCUT2D eigenvalue weighted by atomic mass is 10.1. The van der Waals surface area contributed by atoms with E-state index >= 15 is 0 Å². The van der Waals surface area contributed by atoms with Gasteiger partial charge in [0.15, 0.2) is 0 Å². The van der Waals surface area contributed by atoms with Gasteiger partial charge in [-0.15, -0.1) is 0 Å². The highest BCUT2D eigenvalue weighted by Crippen LogP contribution is 2.19. The first-order valence-electron chi connectivity index (χ1n) is 6.56. The van der Waals surface area contributed by atoms with Crippen LogP contribution in [0.1, 0.15) is 29.8 Å². The minimum Gasteiger partial charge on any atom is -0.462 e. The second kappa shape index (κ2) is 6.19. The Morgan fingerprint density at radius 3 is 2.35 bits per heavy atom. The number of esters is 1. The Bertz CT molecular complexity index is 653. The van der Waals surface area contributed by atoms with Gasteiger partial charge in [-0.25, -0.2) is 9.59 Å². The van der Waals surface area contributed by atoms with Crippen molar-refractivity contribution in [1.82, 2.24) is 0 Å². The van der Waals surface area contributed by atoms with E-state index in [1.165, 1.54) is 11.6 Å². The summed E-state index contributed by atoms with van der Waals surface area (Å²) in [5, 5.41) is 0. The van der Waals surface area contributed by atoms with Crippen molar-refractivity contribution in [3.05, 3.63) is 57.9 Å². The zero-order valence-corrected chi connectivity index (χ0v) is 11.5. The van der Waals surface area contributed by atoms with E-state index in [4.69, 9.17) is 9.15 Å². The summed E-state index contributed by atoms with van der Waals surface area (Å²) in [5.41, 5.74) is 1.25. The molecule has 0 saturated carbocycles. The summed E-state index contributed by atoms with van der Waals surface area (Å²) < 4.78 is 9.96. The van der Waals surface area contributed by atoms with Crippen LogP contribution in [0.2, 0.25) is 0 Å². The fraction of sp³-hybridized carbons (Fsp3) is 0.250. The largest absolute Gasteiger partial charge is 0.462 e. The summed E-state index contributed by atoms with van der Waals surface area (Å²) in [6.45, 7) is 3.98. The highest BCUT2D eigenvalue weighted by atomic mass is 16.5. The summed E-state index contributed by atoms with van der Waals surface area (Å²) in [6, 6.07) is 10.8. The molecule has 0 aliphatic rings. The van der Waals surface area contributed by atoms with Crippen LogP contribution in [-0.4, -0.2) is 12.6 Å². The number of hydrogen-bond donors (Lipinski definition) is 0. The van der Waals surface area contributed by atoms with Gasteiger partial charge in [0.1, 0.15) is 11.3 Å². The molecule has 4 nitrogen and oxygen atoms in total. The van der Waals surface area contributed by atoms with Gasteiger partial charge in [-0.1, -0.05) is 31.2 Å². The molecule has 20 heavy (non-hydrogen) atoms. The second-order valence-electron chi connectivity index (χ2n) is 4.27. The maximum Gasteiger partial charge on any atom is 0.350 e. The lowest BCUT2D eigenvalue weighted by Crippen LogP contribution is -2.16. The van der Waals surface area contributed by atoms with Crippen LogP contribution in [0.5, 0.6) is 0 Å². The smallest absolute Gasteiger partial charge is 0.350 e. The Labute approximate surface area is 117 Å². The van der Waals surface area contributed by atoms with E-state index in [1.54, 1.807) is 13.0 Å². The monoisotopic (exact) mass is 272 g/mol. The third-order valence-electron chi connectivity index (χ3n) is 2.97. The maximum absolute atomic E-state index is 11.8. The predicted octanol–water partition coefficient (Wildman–Crippen LogP) is 3.05. The summed E-state index contributed by atoms with van der Waals surface area (Å²) in [6.07, 6.45) is 0.950. The number of benzene rings is 1. The average Bonchev–Trinajstić information content (AvgIpc) is 2.47. The van der Waals surface area contributed by atoms with Gasteiger partial charge in [-0.3, -0.25) is 0 Å². The third-order valence-corrected chi connectivity index (χ3v) is 2.97. The molecular formula is C16H16O4. The van der Waals surface area contributed by atoms with Crippen LogP contribution in [0.15, 0.2) is 45.6 Å². The zero-order chi connectivity index (χ0) is 14.5. The standard InChI is InChI=1S/C16H16O4/c1-3-11-5-7-12(8-6-11)14-10-9-13(16(18)20-14)15(17)19-4-2/h5-10H,3-4H2,1-2H3. The predicted molar refractivity (Wildman–Crippen MR) is 75.7 cm³/mol. The highest BCUT2D eigenvalue weighted by molar-refractivity contribution is 5.89. The van der Waals surface area contributed by atoms with Gasteiger partial charge in [0.25, 0.3) is 0 Å². The van der Waals surface area contributed by atoms with Crippen molar-refractivity contribution < 1.29 is 13.9 Å². The lowest BCUT2D eigenvalue weighted by Gasteiger charge is -2.04. The Kier molecular flexibility index (Phi) is 4.35. The van der Waals surface area contributed by atoms with E-state index in [0.717, 1.165) is 12.0 Å². The van der Waals surface area contributed by atoms with Crippen LogP contribution >= 0.6 is 0 Å². The molecule has 1 aromatic heterocycles. The normalized spacial score (nSPS) is 10.3. The number of carbonyl (C=O) groups is 1. The fourth-order valence-corrected chi connectivity index (χ4v) is 1.84. The molecular weight excluding hydrogens is 256 g/mol.